The third-order valence-corrected chi connectivity index (χ3v) is 4.53. The van der Waals surface area contributed by atoms with Gasteiger partial charge in [0, 0.05) is 22.2 Å². The molecule has 1 aromatic heterocycles. The van der Waals surface area contributed by atoms with E-state index in [2.05, 4.69) is 9.98 Å². The quantitative estimate of drug-likeness (QED) is 0.629. The lowest BCUT2D eigenvalue weighted by Crippen LogP contribution is -1.76. The van der Waals surface area contributed by atoms with E-state index in [0.717, 1.165) is 20.9 Å². The van der Waals surface area contributed by atoms with Gasteiger partial charge in [0.05, 0.1) is 0 Å². The summed E-state index contributed by atoms with van der Waals surface area (Å²) in [4.78, 5) is 10.6. The summed E-state index contributed by atoms with van der Waals surface area (Å²) in [5.74, 6) is 0.342. The van der Waals surface area contributed by atoms with Crippen molar-refractivity contribution in [1.29, 1.82) is 0 Å². The highest BCUT2D eigenvalue weighted by atomic mass is 32.1. The molecule has 0 bridgehead atoms. The van der Waals surface area contributed by atoms with E-state index < -0.39 is 0 Å². The molecule has 25 heavy (non-hydrogen) atoms. The number of aliphatic imine (C=N–C) groups is 2. The Labute approximate surface area is 150 Å². The van der Waals surface area contributed by atoms with Gasteiger partial charge in [0.1, 0.15) is 22.9 Å². The molecule has 2 N–H and O–H groups in total. The monoisotopic (exact) mass is 350 g/mol. The van der Waals surface area contributed by atoms with Crippen LogP contribution in [0.4, 0.5) is 11.4 Å². The zero-order valence-electron chi connectivity index (χ0n) is 14.0. The van der Waals surface area contributed by atoms with Gasteiger partial charge < -0.3 is 10.2 Å². The molecule has 0 radical (unpaired) electrons. The molecule has 0 atom stereocenters. The van der Waals surface area contributed by atoms with Crippen LogP contribution in [0.2, 0.25) is 0 Å². The smallest absolute Gasteiger partial charge is 0.141 e. The van der Waals surface area contributed by atoms with Crippen LogP contribution in [-0.4, -0.2) is 22.6 Å². The van der Waals surface area contributed by atoms with Crippen molar-refractivity contribution < 1.29 is 10.2 Å². The minimum absolute atomic E-state index is 0.171. The van der Waals surface area contributed by atoms with Crippen molar-refractivity contribution in [2.45, 2.75) is 13.8 Å². The number of rotatable bonds is 4. The average Bonchev–Trinajstić information content (AvgIpc) is 3.01. The molecule has 0 aliphatic heterocycles. The summed E-state index contributed by atoms with van der Waals surface area (Å²) in [6.07, 6.45) is 3.44. The van der Waals surface area contributed by atoms with E-state index in [4.69, 9.17) is 0 Å². The highest BCUT2D eigenvalue weighted by Gasteiger charge is 2.01. The van der Waals surface area contributed by atoms with Crippen molar-refractivity contribution in [3.8, 4) is 11.5 Å². The van der Waals surface area contributed by atoms with Crippen molar-refractivity contribution in [2.75, 3.05) is 0 Å². The molecule has 3 aromatic rings. The van der Waals surface area contributed by atoms with Gasteiger partial charge >= 0.3 is 0 Å². The Hall–Kier alpha value is -2.92. The van der Waals surface area contributed by atoms with Crippen LogP contribution in [-0.2, 0) is 0 Å². The first-order valence-corrected chi connectivity index (χ1v) is 8.60. The van der Waals surface area contributed by atoms with Crippen molar-refractivity contribution in [1.82, 2.24) is 0 Å². The number of benzene rings is 2. The van der Waals surface area contributed by atoms with E-state index in [-0.39, 0.29) is 11.5 Å². The summed E-state index contributed by atoms with van der Waals surface area (Å²) in [6.45, 7) is 3.84. The molecule has 126 valence electrons. The van der Waals surface area contributed by atoms with Gasteiger partial charge in [-0.25, -0.2) is 0 Å². The summed E-state index contributed by atoms with van der Waals surface area (Å²) >= 11 is 1.53. The van der Waals surface area contributed by atoms with Gasteiger partial charge in [0.2, 0.25) is 0 Å². The number of thiophene rings is 1. The van der Waals surface area contributed by atoms with Crippen molar-refractivity contribution in [2.24, 2.45) is 9.98 Å². The van der Waals surface area contributed by atoms with Crippen LogP contribution in [0.5, 0.6) is 11.5 Å². The summed E-state index contributed by atoms with van der Waals surface area (Å²) < 4.78 is 0. The molecule has 3 rings (SSSR count). The summed E-state index contributed by atoms with van der Waals surface area (Å²) in [5.41, 5.74) is 3.06. The zero-order chi connectivity index (χ0) is 17.8. The SMILES string of the molecule is Cc1ccc(N=Cc2ccc(C=Nc3ccc(C)cc3O)s2)c(O)c1. The van der Waals surface area contributed by atoms with Crippen molar-refractivity contribution in [3.63, 3.8) is 0 Å². The summed E-state index contributed by atoms with van der Waals surface area (Å²) in [5, 5.41) is 19.8. The first-order chi connectivity index (χ1) is 12.0. The fraction of sp³-hybridized carbons (Fsp3) is 0.100. The number of nitrogens with zero attached hydrogens (tertiary/aromatic N) is 2. The Bertz CT molecular complexity index is 882. The molecule has 1 heterocycles. The zero-order valence-corrected chi connectivity index (χ0v) is 14.8. The molecule has 0 spiro atoms. The first-order valence-electron chi connectivity index (χ1n) is 7.78. The van der Waals surface area contributed by atoms with E-state index in [9.17, 15) is 10.2 Å². The van der Waals surface area contributed by atoms with E-state index in [1.807, 2.05) is 38.1 Å². The molecule has 0 saturated carbocycles. The standard InChI is InChI=1S/C20H18N2O2S/c1-13-3-7-17(19(23)9-13)21-11-15-5-6-16(25-15)12-22-18-8-4-14(2)10-20(18)24/h3-12,23-24H,1-2H3. The van der Waals surface area contributed by atoms with Crippen LogP contribution >= 0.6 is 11.3 Å². The third-order valence-electron chi connectivity index (χ3n) is 3.57. The fourth-order valence-electron chi connectivity index (χ4n) is 2.26. The number of phenolic OH excluding ortho intramolecular Hbond substituents is 2. The molecule has 0 saturated heterocycles. The summed E-state index contributed by atoms with van der Waals surface area (Å²) in [6, 6.07) is 14.7. The second-order valence-corrected chi connectivity index (χ2v) is 6.89. The van der Waals surface area contributed by atoms with Crippen LogP contribution in [0.25, 0.3) is 0 Å². The van der Waals surface area contributed by atoms with E-state index in [0.29, 0.717) is 11.4 Å². The minimum atomic E-state index is 0.171. The van der Waals surface area contributed by atoms with Crippen LogP contribution in [0, 0.1) is 13.8 Å². The number of aryl methyl sites for hydroxylation is 2. The Morgan fingerprint density at radius 1 is 0.720 bits per heavy atom. The predicted octanol–water partition coefficient (Wildman–Crippen LogP) is 5.28. The van der Waals surface area contributed by atoms with Gasteiger partial charge in [-0.3, -0.25) is 9.98 Å². The Morgan fingerprint density at radius 2 is 1.16 bits per heavy atom. The fourth-order valence-corrected chi connectivity index (χ4v) is 3.01. The molecular formula is C20H18N2O2S. The Kier molecular flexibility index (Phi) is 4.95. The lowest BCUT2D eigenvalue weighted by molar-refractivity contribution is 0.476. The number of hydrogen-bond acceptors (Lipinski definition) is 5. The number of hydrogen-bond donors (Lipinski definition) is 2. The van der Waals surface area contributed by atoms with Crippen LogP contribution in [0.15, 0.2) is 58.5 Å². The van der Waals surface area contributed by atoms with Crippen LogP contribution in [0.1, 0.15) is 20.9 Å². The number of phenols is 2. The van der Waals surface area contributed by atoms with Crippen molar-refractivity contribution in [3.05, 3.63) is 69.4 Å². The summed E-state index contributed by atoms with van der Waals surface area (Å²) in [7, 11) is 0. The average molecular weight is 350 g/mol. The van der Waals surface area contributed by atoms with E-state index in [1.54, 1.807) is 36.7 Å². The van der Waals surface area contributed by atoms with Gasteiger partial charge in [-0.15, -0.1) is 11.3 Å². The van der Waals surface area contributed by atoms with Crippen LogP contribution in [0.3, 0.4) is 0 Å². The van der Waals surface area contributed by atoms with E-state index in [1.165, 1.54) is 11.3 Å². The molecule has 0 aliphatic carbocycles. The maximum Gasteiger partial charge on any atom is 0.141 e. The normalized spacial score (nSPS) is 11.6. The maximum atomic E-state index is 9.88. The van der Waals surface area contributed by atoms with Gasteiger partial charge in [-0.2, -0.15) is 0 Å². The second kappa shape index (κ2) is 7.32. The maximum absolute atomic E-state index is 9.88. The van der Waals surface area contributed by atoms with Gasteiger partial charge in [0.15, 0.2) is 0 Å². The van der Waals surface area contributed by atoms with Crippen LogP contribution < -0.4 is 0 Å². The lowest BCUT2D eigenvalue weighted by atomic mass is 10.2. The lowest BCUT2D eigenvalue weighted by Gasteiger charge is -1.99. The van der Waals surface area contributed by atoms with Gasteiger partial charge in [-0.05, 0) is 61.4 Å². The minimum Gasteiger partial charge on any atom is -0.506 e. The van der Waals surface area contributed by atoms with Gasteiger partial charge in [-0.1, -0.05) is 12.1 Å². The molecule has 0 fully saturated rings. The first kappa shape index (κ1) is 16.9. The molecule has 4 nitrogen and oxygen atoms in total. The predicted molar refractivity (Wildman–Crippen MR) is 105 cm³/mol. The molecule has 0 aliphatic rings. The van der Waals surface area contributed by atoms with E-state index >= 15 is 0 Å². The third kappa shape index (κ3) is 4.33. The highest BCUT2D eigenvalue weighted by molar-refractivity contribution is 7.15. The molecule has 0 amide bonds. The Balaban J connectivity index is 1.74. The highest BCUT2D eigenvalue weighted by Crippen LogP contribution is 2.28. The molecular weight excluding hydrogens is 332 g/mol. The molecule has 0 unspecified atom stereocenters. The molecule has 5 heteroatoms. The molecule has 2 aromatic carbocycles. The largest absolute Gasteiger partial charge is 0.506 e. The number of aromatic hydroxyl groups is 2. The van der Waals surface area contributed by atoms with Gasteiger partial charge in [0.25, 0.3) is 0 Å². The topological polar surface area (TPSA) is 65.2 Å². The van der Waals surface area contributed by atoms with Crippen molar-refractivity contribution >= 4 is 35.1 Å². The Morgan fingerprint density at radius 3 is 1.56 bits per heavy atom. The second-order valence-electron chi connectivity index (χ2n) is 5.74.